The molecule has 7 heteroatoms. The van der Waals surface area contributed by atoms with Gasteiger partial charge in [0.05, 0.1) is 12.9 Å². The lowest BCUT2D eigenvalue weighted by atomic mass is 10.4. The topological polar surface area (TPSA) is 65.6 Å². The molecule has 1 saturated heterocycles. The number of rotatable bonds is 4. The van der Waals surface area contributed by atoms with Gasteiger partial charge in [-0.3, -0.25) is 9.46 Å². The minimum Gasteiger partial charge on any atom is -0.328 e. The Hall–Kier alpha value is 0.0300. The summed E-state index contributed by atoms with van der Waals surface area (Å²) >= 11 is 0. The Kier molecular flexibility index (Phi) is 8.86. The average molecular weight is 292 g/mol. The van der Waals surface area contributed by atoms with Crippen LogP contribution in [0, 0.1) is 0 Å². The Morgan fingerprint density at radius 1 is 1.00 bits per heavy atom. The van der Waals surface area contributed by atoms with E-state index in [0.717, 1.165) is 52.4 Å². The molecule has 3 N–H and O–H groups in total. The highest BCUT2D eigenvalue weighted by atomic mass is 31.2. The molecule has 0 aromatic heterocycles. The Morgan fingerprint density at radius 2 is 1.47 bits per heavy atom. The van der Waals surface area contributed by atoms with Crippen molar-refractivity contribution >= 4 is 7.37 Å². The van der Waals surface area contributed by atoms with Crippen molar-refractivity contribution in [2.45, 2.75) is 6.92 Å². The van der Waals surface area contributed by atoms with E-state index in [2.05, 4.69) is 20.9 Å². The minimum atomic E-state index is -2.48. The van der Waals surface area contributed by atoms with Gasteiger partial charge in [-0.1, -0.05) is 0 Å². The first kappa shape index (κ1) is 17.1. The Balaban J connectivity index is 2.40. The summed E-state index contributed by atoms with van der Waals surface area (Å²) in [5.74, 6) is 0. The highest BCUT2D eigenvalue weighted by Gasteiger charge is 2.19. The third-order valence-corrected chi connectivity index (χ3v) is 4.74. The van der Waals surface area contributed by atoms with Crippen LogP contribution in [-0.4, -0.2) is 76.8 Å². The maximum atomic E-state index is 12.2. The zero-order valence-corrected chi connectivity index (χ0v) is 13.2. The molecule has 0 spiro atoms. The zero-order chi connectivity index (χ0) is 14.0. The normalized spacial score (nSPS) is 24.1. The average Bonchev–Trinajstić information content (AvgIpc) is 2.32. The van der Waals surface area contributed by atoms with Crippen LogP contribution in [0.5, 0.6) is 0 Å². The number of nitrogens with one attached hydrogen (secondary N) is 3. The second-order valence-electron chi connectivity index (χ2n) is 4.94. The van der Waals surface area contributed by atoms with Gasteiger partial charge < -0.3 is 20.5 Å². The van der Waals surface area contributed by atoms with Crippen LogP contribution < -0.4 is 16.0 Å². The van der Waals surface area contributed by atoms with Crippen LogP contribution in [0.15, 0.2) is 0 Å². The van der Waals surface area contributed by atoms with E-state index in [1.54, 1.807) is 6.66 Å². The molecule has 1 aliphatic rings. The van der Waals surface area contributed by atoms with Crippen LogP contribution >= 0.6 is 7.37 Å². The first-order valence-corrected chi connectivity index (χ1v) is 9.45. The highest BCUT2D eigenvalue weighted by molar-refractivity contribution is 7.58. The molecule has 0 aliphatic carbocycles. The fourth-order valence-corrected chi connectivity index (χ4v) is 3.77. The van der Waals surface area contributed by atoms with Gasteiger partial charge in [-0.2, -0.15) is 0 Å². The van der Waals surface area contributed by atoms with Crippen LogP contribution in [-0.2, 0) is 9.09 Å². The molecule has 0 amide bonds. The molecule has 1 unspecified atom stereocenters. The second kappa shape index (κ2) is 9.86. The SMILES string of the molecule is CCOP(C)(=O)CN1CCNCCNCCNCC1. The van der Waals surface area contributed by atoms with Crippen LogP contribution in [0.4, 0.5) is 0 Å². The molecular formula is C12H29N4O2P. The zero-order valence-electron chi connectivity index (χ0n) is 12.3. The van der Waals surface area contributed by atoms with Crippen molar-refractivity contribution in [3.63, 3.8) is 0 Å². The Morgan fingerprint density at radius 3 is 1.95 bits per heavy atom. The highest BCUT2D eigenvalue weighted by Crippen LogP contribution is 2.42. The molecule has 1 fully saturated rings. The fraction of sp³-hybridized carbons (Fsp3) is 1.00. The van der Waals surface area contributed by atoms with E-state index >= 15 is 0 Å². The molecule has 1 aliphatic heterocycles. The van der Waals surface area contributed by atoms with Gasteiger partial charge in [-0.25, -0.2) is 0 Å². The summed E-state index contributed by atoms with van der Waals surface area (Å²) in [5.41, 5.74) is 0. The molecule has 1 rings (SSSR count). The van der Waals surface area contributed by atoms with E-state index in [-0.39, 0.29) is 0 Å². The number of hydrogen-bond acceptors (Lipinski definition) is 6. The molecule has 0 saturated carbocycles. The van der Waals surface area contributed by atoms with Crippen LogP contribution in [0.3, 0.4) is 0 Å². The van der Waals surface area contributed by atoms with E-state index in [9.17, 15) is 4.57 Å². The molecule has 6 nitrogen and oxygen atoms in total. The van der Waals surface area contributed by atoms with Crippen molar-refractivity contribution in [3.05, 3.63) is 0 Å². The molecule has 0 aromatic carbocycles. The lowest BCUT2D eigenvalue weighted by molar-refractivity contribution is 0.275. The van der Waals surface area contributed by atoms with E-state index in [4.69, 9.17) is 4.52 Å². The lowest BCUT2D eigenvalue weighted by Crippen LogP contribution is -2.42. The largest absolute Gasteiger partial charge is 0.328 e. The smallest absolute Gasteiger partial charge is 0.213 e. The third kappa shape index (κ3) is 8.74. The summed E-state index contributed by atoms with van der Waals surface area (Å²) in [6.45, 7) is 11.7. The van der Waals surface area contributed by atoms with E-state index in [1.165, 1.54) is 0 Å². The quantitative estimate of drug-likeness (QED) is 0.633. The van der Waals surface area contributed by atoms with Gasteiger partial charge in [-0.15, -0.1) is 0 Å². The fourth-order valence-electron chi connectivity index (χ4n) is 2.13. The predicted octanol–water partition coefficient (Wildman–Crippen LogP) is -0.0273. The summed E-state index contributed by atoms with van der Waals surface area (Å²) in [4.78, 5) is 2.23. The lowest BCUT2D eigenvalue weighted by Gasteiger charge is -2.26. The second-order valence-corrected chi connectivity index (χ2v) is 7.51. The van der Waals surface area contributed by atoms with Crippen LogP contribution in [0.1, 0.15) is 6.92 Å². The van der Waals surface area contributed by atoms with Gasteiger partial charge in [0, 0.05) is 59.0 Å². The Bertz CT molecular complexity index is 266. The minimum absolute atomic E-state index is 0.518. The first-order valence-electron chi connectivity index (χ1n) is 7.19. The molecule has 0 bridgehead atoms. The number of hydrogen-bond donors (Lipinski definition) is 3. The number of nitrogens with zero attached hydrogens (tertiary/aromatic N) is 1. The van der Waals surface area contributed by atoms with Gasteiger partial charge >= 0.3 is 0 Å². The van der Waals surface area contributed by atoms with Gasteiger partial charge in [0.1, 0.15) is 0 Å². The summed E-state index contributed by atoms with van der Waals surface area (Å²) in [5, 5.41) is 10.2. The van der Waals surface area contributed by atoms with Gasteiger partial charge in [0.25, 0.3) is 0 Å². The molecule has 0 aromatic rings. The predicted molar refractivity (Wildman–Crippen MR) is 80.2 cm³/mol. The maximum absolute atomic E-state index is 12.2. The van der Waals surface area contributed by atoms with Gasteiger partial charge in [0.15, 0.2) is 0 Å². The van der Waals surface area contributed by atoms with Crippen molar-refractivity contribution < 1.29 is 9.09 Å². The van der Waals surface area contributed by atoms with E-state index < -0.39 is 7.37 Å². The Labute approximate surface area is 117 Å². The standard InChI is InChI=1S/C12H29N4O2P/c1-3-18-19(2,17)12-16-10-8-14-6-4-13-5-7-15-9-11-16/h13-15H,3-12H2,1-2H3. The van der Waals surface area contributed by atoms with Gasteiger partial charge in [-0.05, 0) is 6.92 Å². The first-order chi connectivity index (χ1) is 9.14. The maximum Gasteiger partial charge on any atom is 0.213 e. The monoisotopic (exact) mass is 292 g/mol. The van der Waals surface area contributed by atoms with Gasteiger partial charge in [0.2, 0.25) is 7.37 Å². The van der Waals surface area contributed by atoms with Crippen LogP contribution in [0.2, 0.25) is 0 Å². The summed E-state index contributed by atoms with van der Waals surface area (Å²) in [6.07, 6.45) is 0.544. The van der Waals surface area contributed by atoms with Crippen molar-refractivity contribution in [2.24, 2.45) is 0 Å². The molecular weight excluding hydrogens is 263 g/mol. The van der Waals surface area contributed by atoms with Crippen molar-refractivity contribution in [2.75, 3.05) is 71.9 Å². The van der Waals surface area contributed by atoms with Crippen LogP contribution in [0.25, 0.3) is 0 Å². The summed E-state index contributed by atoms with van der Waals surface area (Å²) in [7, 11) is -2.48. The van der Waals surface area contributed by atoms with Crippen molar-refractivity contribution in [1.82, 2.24) is 20.9 Å². The molecule has 19 heavy (non-hydrogen) atoms. The molecule has 0 radical (unpaired) electrons. The third-order valence-electron chi connectivity index (χ3n) is 3.03. The molecule has 1 heterocycles. The summed E-state index contributed by atoms with van der Waals surface area (Å²) < 4.78 is 17.6. The van der Waals surface area contributed by atoms with E-state index in [1.807, 2.05) is 6.92 Å². The molecule has 114 valence electrons. The van der Waals surface area contributed by atoms with Crippen molar-refractivity contribution in [1.29, 1.82) is 0 Å². The van der Waals surface area contributed by atoms with Crippen molar-refractivity contribution in [3.8, 4) is 0 Å². The molecule has 1 atom stereocenters. The summed E-state index contributed by atoms with van der Waals surface area (Å²) in [6, 6.07) is 0. The van der Waals surface area contributed by atoms with E-state index in [0.29, 0.717) is 12.9 Å².